The topological polar surface area (TPSA) is 0 Å². The molecule has 3 fully saturated rings. The molecule has 0 amide bonds. The maximum atomic E-state index is 6.86. The van der Waals surface area contributed by atoms with Crippen molar-refractivity contribution in [2.45, 2.75) is 57.2 Å². The Labute approximate surface area is 134 Å². The van der Waals surface area contributed by atoms with E-state index in [0.717, 1.165) is 29.6 Å². The predicted octanol–water partition coefficient (Wildman–Crippen LogP) is 5.95. The quantitative estimate of drug-likeness (QED) is 0.603. The minimum absolute atomic E-state index is 0.252. The molecule has 0 N–H and O–H groups in total. The van der Waals surface area contributed by atoms with Crippen LogP contribution in [0.4, 0.5) is 0 Å². The Kier molecular flexibility index (Phi) is 3.20. The Morgan fingerprint density at radius 2 is 1.67 bits per heavy atom. The molecule has 1 aromatic rings. The molecule has 1 heteroatoms. The van der Waals surface area contributed by atoms with E-state index in [9.17, 15) is 0 Å². The summed E-state index contributed by atoms with van der Waals surface area (Å²) in [6, 6.07) is 9.20. The molecule has 0 heterocycles. The molecule has 0 nitrogen and oxygen atoms in total. The summed E-state index contributed by atoms with van der Waals surface area (Å²) < 4.78 is 0. The number of hydrogen-bond acceptors (Lipinski definition) is 0. The number of alkyl halides is 1. The van der Waals surface area contributed by atoms with Gasteiger partial charge >= 0.3 is 0 Å². The molecule has 3 saturated carbocycles. The Morgan fingerprint density at radius 1 is 1.10 bits per heavy atom. The summed E-state index contributed by atoms with van der Waals surface area (Å²) in [5.41, 5.74) is 3.06. The Balaban J connectivity index is 1.50. The van der Waals surface area contributed by atoms with Crippen molar-refractivity contribution in [2.75, 3.05) is 0 Å². The molecular formula is C20H27Cl. The van der Waals surface area contributed by atoms with Gasteiger partial charge in [-0.1, -0.05) is 45.0 Å². The molecule has 0 aromatic heterocycles. The first-order valence-corrected chi connectivity index (χ1v) is 9.21. The van der Waals surface area contributed by atoms with Crippen LogP contribution in [0.5, 0.6) is 0 Å². The SMILES string of the molecule is CCC(C)(C)c1ccc(C(Cl)C2C3C4CCC(C4)C32)cc1. The molecule has 2 bridgehead atoms. The van der Waals surface area contributed by atoms with E-state index < -0.39 is 0 Å². The molecule has 0 saturated heterocycles. The van der Waals surface area contributed by atoms with Crippen LogP contribution >= 0.6 is 11.6 Å². The molecular weight excluding hydrogens is 276 g/mol. The van der Waals surface area contributed by atoms with Crippen molar-refractivity contribution in [2.24, 2.45) is 29.6 Å². The summed E-state index contributed by atoms with van der Waals surface area (Å²) in [6.07, 6.45) is 5.65. The van der Waals surface area contributed by atoms with Gasteiger partial charge in [-0.2, -0.15) is 0 Å². The lowest BCUT2D eigenvalue weighted by Crippen LogP contribution is -2.15. The van der Waals surface area contributed by atoms with Gasteiger partial charge in [0.25, 0.3) is 0 Å². The van der Waals surface area contributed by atoms with E-state index in [0.29, 0.717) is 0 Å². The van der Waals surface area contributed by atoms with Crippen LogP contribution in [0.3, 0.4) is 0 Å². The minimum Gasteiger partial charge on any atom is -0.117 e. The van der Waals surface area contributed by atoms with Gasteiger partial charge in [0.1, 0.15) is 0 Å². The van der Waals surface area contributed by atoms with E-state index >= 15 is 0 Å². The van der Waals surface area contributed by atoms with E-state index in [1.807, 2.05) is 0 Å². The van der Waals surface area contributed by atoms with Gasteiger partial charge in [0.05, 0.1) is 5.38 Å². The van der Waals surface area contributed by atoms with E-state index in [2.05, 4.69) is 45.0 Å². The van der Waals surface area contributed by atoms with Crippen molar-refractivity contribution >= 4 is 11.6 Å². The third kappa shape index (κ3) is 2.09. The summed E-state index contributed by atoms with van der Waals surface area (Å²) in [5.74, 6) is 4.76. The highest BCUT2D eigenvalue weighted by molar-refractivity contribution is 6.21. The van der Waals surface area contributed by atoms with Crippen molar-refractivity contribution in [3.63, 3.8) is 0 Å². The summed E-state index contributed by atoms with van der Waals surface area (Å²) in [6.45, 7) is 6.91. The Bertz CT molecular complexity index is 513. The number of hydrogen-bond donors (Lipinski definition) is 0. The first-order valence-electron chi connectivity index (χ1n) is 8.77. The normalized spacial score (nSPS) is 38.4. The monoisotopic (exact) mass is 302 g/mol. The lowest BCUT2D eigenvalue weighted by Gasteiger charge is -2.24. The molecule has 3 aliphatic rings. The maximum Gasteiger partial charge on any atom is 0.0619 e. The third-order valence-corrected chi connectivity index (χ3v) is 7.57. The molecule has 5 unspecified atom stereocenters. The zero-order valence-corrected chi connectivity index (χ0v) is 14.2. The van der Waals surface area contributed by atoms with Gasteiger partial charge in [0.15, 0.2) is 0 Å². The fourth-order valence-corrected chi connectivity index (χ4v) is 5.81. The zero-order valence-electron chi connectivity index (χ0n) is 13.5. The average Bonchev–Trinajstić information content (AvgIpc) is 2.93. The van der Waals surface area contributed by atoms with Crippen molar-refractivity contribution in [3.8, 4) is 0 Å². The Morgan fingerprint density at radius 3 is 2.19 bits per heavy atom. The first kappa shape index (κ1) is 14.1. The van der Waals surface area contributed by atoms with E-state index in [4.69, 9.17) is 11.6 Å². The molecule has 114 valence electrons. The van der Waals surface area contributed by atoms with Crippen molar-refractivity contribution in [1.29, 1.82) is 0 Å². The van der Waals surface area contributed by atoms with Crippen LogP contribution in [0.25, 0.3) is 0 Å². The number of rotatable bonds is 4. The fraction of sp³-hybridized carbons (Fsp3) is 0.700. The Hall–Kier alpha value is -0.490. The maximum absolute atomic E-state index is 6.86. The predicted molar refractivity (Wildman–Crippen MR) is 89.7 cm³/mol. The third-order valence-electron chi connectivity index (χ3n) is 7.03. The van der Waals surface area contributed by atoms with Gasteiger partial charge in [0.2, 0.25) is 0 Å². The highest BCUT2D eigenvalue weighted by atomic mass is 35.5. The molecule has 3 aliphatic carbocycles. The summed E-state index contributed by atoms with van der Waals surface area (Å²) >= 11 is 6.86. The summed E-state index contributed by atoms with van der Waals surface area (Å²) in [5, 5.41) is 0.252. The molecule has 0 spiro atoms. The lowest BCUT2D eigenvalue weighted by atomic mass is 9.82. The van der Waals surface area contributed by atoms with Crippen LogP contribution in [0.1, 0.15) is 63.0 Å². The van der Waals surface area contributed by atoms with Crippen LogP contribution in [0, 0.1) is 29.6 Å². The van der Waals surface area contributed by atoms with Crippen LogP contribution in [0.15, 0.2) is 24.3 Å². The van der Waals surface area contributed by atoms with Gasteiger partial charge in [-0.15, -0.1) is 11.6 Å². The standard InChI is InChI=1S/C20H27Cl/c1-4-20(2,3)15-9-7-12(8-10-15)19(21)18-16-13-5-6-14(11-13)17(16)18/h7-10,13-14,16-19H,4-6,11H2,1-3H3. The lowest BCUT2D eigenvalue weighted by molar-refractivity contribution is 0.454. The second-order valence-corrected chi connectivity index (χ2v) is 8.80. The smallest absolute Gasteiger partial charge is 0.0619 e. The molecule has 0 radical (unpaired) electrons. The molecule has 1 aromatic carbocycles. The van der Waals surface area contributed by atoms with Gasteiger partial charge in [-0.05, 0) is 71.8 Å². The summed E-state index contributed by atoms with van der Waals surface area (Å²) in [4.78, 5) is 0. The van der Waals surface area contributed by atoms with Crippen LogP contribution in [-0.4, -0.2) is 0 Å². The van der Waals surface area contributed by atoms with Gasteiger partial charge in [-0.3, -0.25) is 0 Å². The van der Waals surface area contributed by atoms with E-state index in [1.165, 1.54) is 36.8 Å². The second kappa shape index (κ2) is 4.75. The first-order chi connectivity index (χ1) is 10.0. The largest absolute Gasteiger partial charge is 0.117 e. The minimum atomic E-state index is 0.252. The molecule has 5 atom stereocenters. The number of halogens is 1. The van der Waals surface area contributed by atoms with Crippen molar-refractivity contribution in [1.82, 2.24) is 0 Å². The van der Waals surface area contributed by atoms with Crippen LogP contribution in [-0.2, 0) is 5.41 Å². The average molecular weight is 303 g/mol. The van der Waals surface area contributed by atoms with Crippen molar-refractivity contribution < 1.29 is 0 Å². The van der Waals surface area contributed by atoms with Crippen LogP contribution in [0.2, 0.25) is 0 Å². The van der Waals surface area contributed by atoms with Gasteiger partial charge < -0.3 is 0 Å². The van der Waals surface area contributed by atoms with Gasteiger partial charge in [-0.25, -0.2) is 0 Å². The van der Waals surface area contributed by atoms with Gasteiger partial charge in [0, 0.05) is 0 Å². The fourth-order valence-electron chi connectivity index (χ4n) is 5.33. The number of benzene rings is 1. The van der Waals surface area contributed by atoms with Crippen molar-refractivity contribution in [3.05, 3.63) is 35.4 Å². The number of fused-ring (bicyclic) bond motifs is 5. The van der Waals surface area contributed by atoms with Crippen LogP contribution < -0.4 is 0 Å². The highest BCUT2D eigenvalue weighted by Crippen LogP contribution is 2.73. The molecule has 0 aliphatic heterocycles. The molecule has 21 heavy (non-hydrogen) atoms. The van der Waals surface area contributed by atoms with E-state index in [-0.39, 0.29) is 10.8 Å². The molecule has 4 rings (SSSR count). The zero-order chi connectivity index (χ0) is 14.8. The second-order valence-electron chi connectivity index (χ2n) is 8.33. The summed E-state index contributed by atoms with van der Waals surface area (Å²) in [7, 11) is 0. The highest BCUT2D eigenvalue weighted by Gasteiger charge is 2.66. The van der Waals surface area contributed by atoms with E-state index in [1.54, 1.807) is 0 Å².